The molecule has 0 unspecified atom stereocenters. The molecule has 1 aliphatic rings. The van der Waals surface area contributed by atoms with Gasteiger partial charge in [0, 0.05) is 17.6 Å². The highest BCUT2D eigenvalue weighted by Gasteiger charge is 2.10. The van der Waals surface area contributed by atoms with Gasteiger partial charge < -0.3 is 4.90 Å². The zero-order valence-electron chi connectivity index (χ0n) is 9.48. The first-order chi connectivity index (χ1) is 7.68. The van der Waals surface area contributed by atoms with Gasteiger partial charge in [-0.05, 0) is 36.3 Å². The van der Waals surface area contributed by atoms with Gasteiger partial charge in [-0.3, -0.25) is 0 Å². The van der Waals surface area contributed by atoms with Crippen LogP contribution in [0.25, 0.3) is 0 Å². The molecule has 0 aromatic heterocycles. The first kappa shape index (κ1) is 10.5. The summed E-state index contributed by atoms with van der Waals surface area (Å²) in [5.41, 5.74) is 4.28. The molecular weight excluding hydrogens is 194 g/mol. The summed E-state index contributed by atoms with van der Waals surface area (Å²) in [6, 6.07) is 10.2. The topological polar surface area (TPSA) is 3.24 Å². The molecule has 0 saturated heterocycles. The van der Waals surface area contributed by atoms with E-state index in [1.807, 2.05) is 37.3 Å². The van der Waals surface area contributed by atoms with Crippen LogP contribution in [0.5, 0.6) is 0 Å². The third-order valence-electron chi connectivity index (χ3n) is 2.56. The summed E-state index contributed by atoms with van der Waals surface area (Å²) in [6.07, 6.45) is 6.13. The summed E-state index contributed by atoms with van der Waals surface area (Å²) in [6.45, 7) is 9.99. The van der Waals surface area contributed by atoms with E-state index in [1.54, 1.807) is 0 Å². The Balaban J connectivity index is 2.38. The lowest BCUT2D eigenvalue weighted by atomic mass is 10.1. The average molecular weight is 209 g/mol. The molecule has 1 heterocycles. The number of hydrogen-bond acceptors (Lipinski definition) is 1. The number of hydrogen-bond donors (Lipinski definition) is 0. The summed E-state index contributed by atoms with van der Waals surface area (Å²) in [4.78, 5) is 2.07. The zero-order valence-corrected chi connectivity index (χ0v) is 9.48. The number of anilines is 1. The standard InChI is InChI=1S/C15H15N/c1-12(2)14-10-9-13(3)16(11-14)15-7-5-4-6-8-15/h4-11H,1,3H2,2H3. The van der Waals surface area contributed by atoms with Crippen molar-refractivity contribution >= 4 is 5.69 Å². The van der Waals surface area contributed by atoms with Crippen molar-refractivity contribution in [1.29, 1.82) is 0 Å². The number of allylic oxidation sites excluding steroid dienone is 4. The third-order valence-corrected chi connectivity index (χ3v) is 2.56. The van der Waals surface area contributed by atoms with Crippen LogP contribution in [0.3, 0.4) is 0 Å². The molecule has 80 valence electrons. The quantitative estimate of drug-likeness (QED) is 0.710. The molecule has 0 fully saturated rings. The minimum Gasteiger partial charge on any atom is -0.317 e. The van der Waals surface area contributed by atoms with Crippen molar-refractivity contribution in [1.82, 2.24) is 0 Å². The van der Waals surface area contributed by atoms with Crippen LogP contribution >= 0.6 is 0 Å². The minimum absolute atomic E-state index is 0.969. The molecule has 1 nitrogen and oxygen atoms in total. The molecule has 1 aliphatic heterocycles. The lowest BCUT2D eigenvalue weighted by Gasteiger charge is -2.25. The molecule has 0 N–H and O–H groups in total. The first-order valence-electron chi connectivity index (χ1n) is 5.27. The monoisotopic (exact) mass is 209 g/mol. The van der Waals surface area contributed by atoms with Gasteiger partial charge in [-0.1, -0.05) is 37.4 Å². The van der Waals surface area contributed by atoms with Crippen molar-refractivity contribution < 1.29 is 0 Å². The Labute approximate surface area is 96.7 Å². The molecule has 1 aromatic carbocycles. The van der Waals surface area contributed by atoms with Crippen molar-refractivity contribution in [2.24, 2.45) is 0 Å². The van der Waals surface area contributed by atoms with Gasteiger partial charge in [-0.25, -0.2) is 0 Å². The van der Waals surface area contributed by atoms with E-state index in [9.17, 15) is 0 Å². The van der Waals surface area contributed by atoms with Gasteiger partial charge in [0.25, 0.3) is 0 Å². The van der Waals surface area contributed by atoms with E-state index in [0.29, 0.717) is 0 Å². The minimum atomic E-state index is 0.969. The van der Waals surface area contributed by atoms with Crippen molar-refractivity contribution in [3.63, 3.8) is 0 Å². The maximum Gasteiger partial charge on any atom is 0.0455 e. The fourth-order valence-corrected chi connectivity index (χ4v) is 1.61. The van der Waals surface area contributed by atoms with Gasteiger partial charge in [-0.2, -0.15) is 0 Å². The highest BCUT2D eigenvalue weighted by atomic mass is 15.1. The Morgan fingerprint density at radius 2 is 1.81 bits per heavy atom. The second-order valence-corrected chi connectivity index (χ2v) is 3.89. The second kappa shape index (κ2) is 4.23. The Kier molecular flexibility index (Phi) is 2.78. The van der Waals surface area contributed by atoms with Crippen molar-refractivity contribution in [3.05, 3.63) is 78.7 Å². The summed E-state index contributed by atoms with van der Waals surface area (Å²) < 4.78 is 0. The van der Waals surface area contributed by atoms with Gasteiger partial charge in [0.05, 0.1) is 0 Å². The predicted molar refractivity (Wildman–Crippen MR) is 70.1 cm³/mol. The molecule has 0 amide bonds. The highest BCUT2D eigenvalue weighted by molar-refractivity contribution is 5.62. The van der Waals surface area contributed by atoms with E-state index >= 15 is 0 Å². The van der Waals surface area contributed by atoms with Crippen LogP contribution in [0.4, 0.5) is 5.69 Å². The van der Waals surface area contributed by atoms with Crippen LogP contribution < -0.4 is 4.90 Å². The molecule has 0 spiro atoms. The molecule has 1 heteroatoms. The molecular formula is C15H15N. The predicted octanol–water partition coefficient (Wildman–Crippen LogP) is 4.04. The maximum absolute atomic E-state index is 4.03. The maximum atomic E-state index is 4.03. The number of rotatable bonds is 2. The van der Waals surface area contributed by atoms with Gasteiger partial charge in [-0.15, -0.1) is 0 Å². The van der Waals surface area contributed by atoms with Crippen LogP contribution in [0.2, 0.25) is 0 Å². The second-order valence-electron chi connectivity index (χ2n) is 3.89. The normalized spacial score (nSPS) is 14.9. The Bertz CT molecular complexity index is 477. The largest absolute Gasteiger partial charge is 0.317 e. The first-order valence-corrected chi connectivity index (χ1v) is 5.27. The third kappa shape index (κ3) is 1.98. The fraction of sp³-hybridized carbons (Fsp3) is 0.0667. The molecule has 16 heavy (non-hydrogen) atoms. The Morgan fingerprint density at radius 1 is 1.12 bits per heavy atom. The van der Waals surface area contributed by atoms with Crippen LogP contribution in [-0.4, -0.2) is 0 Å². The molecule has 2 rings (SSSR count). The molecule has 0 radical (unpaired) electrons. The van der Waals surface area contributed by atoms with Crippen LogP contribution in [0, 0.1) is 0 Å². The lowest BCUT2D eigenvalue weighted by molar-refractivity contribution is 1.17. The highest BCUT2D eigenvalue weighted by Crippen LogP contribution is 2.25. The Hall–Kier alpha value is -2.02. The van der Waals surface area contributed by atoms with Crippen molar-refractivity contribution in [2.75, 3.05) is 4.90 Å². The summed E-state index contributed by atoms with van der Waals surface area (Å²) in [5, 5.41) is 0. The van der Waals surface area contributed by atoms with E-state index in [0.717, 1.165) is 22.5 Å². The van der Waals surface area contributed by atoms with Gasteiger partial charge >= 0.3 is 0 Å². The van der Waals surface area contributed by atoms with Gasteiger partial charge in [0.15, 0.2) is 0 Å². The smallest absolute Gasteiger partial charge is 0.0455 e. The van der Waals surface area contributed by atoms with Gasteiger partial charge in [0.1, 0.15) is 0 Å². The van der Waals surface area contributed by atoms with Crippen molar-refractivity contribution in [2.45, 2.75) is 6.92 Å². The van der Waals surface area contributed by atoms with E-state index in [1.165, 1.54) is 0 Å². The van der Waals surface area contributed by atoms with E-state index in [2.05, 4.69) is 36.4 Å². The van der Waals surface area contributed by atoms with Gasteiger partial charge in [0.2, 0.25) is 0 Å². The number of nitrogens with zero attached hydrogens (tertiary/aromatic N) is 1. The lowest BCUT2D eigenvalue weighted by Crippen LogP contribution is -2.16. The van der Waals surface area contributed by atoms with E-state index in [-0.39, 0.29) is 0 Å². The summed E-state index contributed by atoms with van der Waals surface area (Å²) in [5.74, 6) is 0. The summed E-state index contributed by atoms with van der Waals surface area (Å²) >= 11 is 0. The fourth-order valence-electron chi connectivity index (χ4n) is 1.61. The molecule has 0 saturated carbocycles. The number of para-hydroxylation sites is 1. The van der Waals surface area contributed by atoms with Crippen molar-refractivity contribution in [3.8, 4) is 0 Å². The van der Waals surface area contributed by atoms with Crippen LogP contribution in [0.1, 0.15) is 6.92 Å². The summed E-state index contributed by atoms with van der Waals surface area (Å²) in [7, 11) is 0. The van der Waals surface area contributed by atoms with E-state index < -0.39 is 0 Å². The molecule has 0 aliphatic carbocycles. The van der Waals surface area contributed by atoms with Crippen LogP contribution in [0.15, 0.2) is 78.7 Å². The number of benzene rings is 1. The molecule has 0 atom stereocenters. The van der Waals surface area contributed by atoms with E-state index in [4.69, 9.17) is 0 Å². The molecule has 1 aromatic rings. The zero-order chi connectivity index (χ0) is 11.5. The Morgan fingerprint density at radius 3 is 2.44 bits per heavy atom. The van der Waals surface area contributed by atoms with Crippen LogP contribution in [-0.2, 0) is 0 Å². The SMILES string of the molecule is C=C(C)C1=CN(c2ccccc2)C(=C)C=C1. The molecule has 0 bridgehead atoms. The average Bonchev–Trinajstić information content (AvgIpc) is 2.30.